The molecule has 1 aromatic rings. The van der Waals surface area contributed by atoms with Gasteiger partial charge in [0.05, 0.1) is 0 Å². The van der Waals surface area contributed by atoms with Gasteiger partial charge in [-0.2, -0.15) is 0 Å². The highest BCUT2D eigenvalue weighted by Crippen LogP contribution is 2.18. The summed E-state index contributed by atoms with van der Waals surface area (Å²) >= 11 is 1.46. The molecule has 0 aliphatic heterocycles. The van der Waals surface area contributed by atoms with Crippen molar-refractivity contribution in [3.8, 4) is 0 Å². The van der Waals surface area contributed by atoms with Crippen molar-refractivity contribution in [3.05, 3.63) is 22.4 Å². The molecule has 0 aliphatic carbocycles. The predicted octanol–water partition coefficient (Wildman–Crippen LogP) is 7.38. The van der Waals surface area contributed by atoms with Crippen LogP contribution in [0.5, 0.6) is 0 Å². The van der Waals surface area contributed by atoms with Gasteiger partial charge in [0, 0.05) is 0 Å². The zero-order valence-electron chi connectivity index (χ0n) is 15.7. The van der Waals surface area contributed by atoms with Crippen LogP contribution in [0.2, 0.25) is 0 Å². The van der Waals surface area contributed by atoms with E-state index in [-0.39, 0.29) is 12.1 Å². The first-order valence-corrected chi connectivity index (χ1v) is 10.9. The largest absolute Gasteiger partial charge is 0.458 e. The van der Waals surface area contributed by atoms with Crippen LogP contribution < -0.4 is 0 Å². The highest BCUT2D eigenvalue weighted by atomic mass is 32.1. The molecule has 1 aromatic heterocycles. The number of ether oxygens (including phenoxy) is 1. The van der Waals surface area contributed by atoms with Gasteiger partial charge >= 0.3 is 5.97 Å². The number of hydrogen-bond donors (Lipinski definition) is 0. The maximum absolute atomic E-state index is 12.1. The van der Waals surface area contributed by atoms with E-state index in [1.54, 1.807) is 0 Å². The summed E-state index contributed by atoms with van der Waals surface area (Å²) in [5.74, 6) is -0.143. The lowest BCUT2D eigenvalue weighted by Gasteiger charge is -2.16. The summed E-state index contributed by atoms with van der Waals surface area (Å²) in [5.41, 5.74) is 0. The Hall–Kier alpha value is -0.830. The third kappa shape index (κ3) is 10.1. The monoisotopic (exact) mass is 352 g/mol. The third-order valence-corrected chi connectivity index (χ3v) is 5.34. The van der Waals surface area contributed by atoms with Gasteiger partial charge < -0.3 is 4.74 Å². The van der Waals surface area contributed by atoms with E-state index in [0.29, 0.717) is 0 Å². The lowest BCUT2D eigenvalue weighted by Crippen LogP contribution is -2.17. The molecule has 0 saturated heterocycles. The Labute approximate surface area is 153 Å². The molecular weight excluding hydrogens is 316 g/mol. The Kier molecular flexibility index (Phi) is 12.8. The van der Waals surface area contributed by atoms with Crippen molar-refractivity contribution in [1.82, 2.24) is 0 Å². The van der Waals surface area contributed by atoms with Gasteiger partial charge in [-0.25, -0.2) is 4.79 Å². The fourth-order valence-corrected chi connectivity index (χ4v) is 3.65. The average Bonchev–Trinajstić information content (AvgIpc) is 3.11. The molecule has 0 radical (unpaired) electrons. The van der Waals surface area contributed by atoms with Crippen LogP contribution >= 0.6 is 11.3 Å². The van der Waals surface area contributed by atoms with E-state index in [1.165, 1.54) is 75.5 Å². The minimum Gasteiger partial charge on any atom is -0.458 e. The normalized spacial score (nSPS) is 12.2. The fraction of sp³-hybridized carbons (Fsp3) is 0.762. The van der Waals surface area contributed by atoms with E-state index in [2.05, 4.69) is 13.8 Å². The van der Waals surface area contributed by atoms with Crippen LogP contribution in [0.15, 0.2) is 17.5 Å². The molecule has 0 aromatic carbocycles. The summed E-state index contributed by atoms with van der Waals surface area (Å²) in [7, 11) is 0. The van der Waals surface area contributed by atoms with Gasteiger partial charge in [-0.1, -0.05) is 84.1 Å². The lowest BCUT2D eigenvalue weighted by molar-refractivity contribution is 0.0259. The van der Waals surface area contributed by atoms with Gasteiger partial charge in [-0.3, -0.25) is 0 Å². The maximum Gasteiger partial charge on any atom is 0.348 e. The fourth-order valence-electron chi connectivity index (χ4n) is 3.05. The lowest BCUT2D eigenvalue weighted by atomic mass is 10.0. The number of rotatable bonds is 15. The second-order valence-electron chi connectivity index (χ2n) is 6.76. The number of carbonyl (C=O) groups is 1. The minimum absolute atomic E-state index is 0.0960. The van der Waals surface area contributed by atoms with Gasteiger partial charge in [-0.05, 0) is 30.7 Å². The summed E-state index contributed by atoms with van der Waals surface area (Å²) in [6.45, 7) is 4.42. The summed E-state index contributed by atoms with van der Waals surface area (Å²) in [5, 5.41) is 1.92. The predicted molar refractivity (Wildman–Crippen MR) is 105 cm³/mol. The smallest absolute Gasteiger partial charge is 0.348 e. The molecule has 0 fully saturated rings. The molecule has 1 atom stereocenters. The highest BCUT2D eigenvalue weighted by molar-refractivity contribution is 7.11. The van der Waals surface area contributed by atoms with Gasteiger partial charge in [0.25, 0.3) is 0 Å². The van der Waals surface area contributed by atoms with Gasteiger partial charge in [0.15, 0.2) is 0 Å². The summed E-state index contributed by atoms with van der Waals surface area (Å²) in [4.78, 5) is 12.8. The molecule has 0 saturated carbocycles. The number of unbranched alkanes of at least 4 members (excludes halogenated alkanes) is 9. The van der Waals surface area contributed by atoms with Crippen LogP contribution in [0.1, 0.15) is 107 Å². The maximum atomic E-state index is 12.1. The standard InChI is InChI=1S/C21H36O2S/c1-3-5-6-7-8-9-10-11-12-13-16-19(15-4-2)23-21(22)20-17-14-18-24-20/h14,17-19H,3-13,15-16H2,1-2H3. The molecule has 3 heteroatoms. The quantitative estimate of drug-likeness (QED) is 0.243. The summed E-state index contributed by atoms with van der Waals surface area (Å²) < 4.78 is 5.69. The first-order chi connectivity index (χ1) is 11.8. The molecule has 2 nitrogen and oxygen atoms in total. The third-order valence-electron chi connectivity index (χ3n) is 4.49. The molecule has 1 heterocycles. The second-order valence-corrected chi connectivity index (χ2v) is 7.71. The average molecular weight is 353 g/mol. The molecule has 0 aliphatic rings. The molecule has 1 rings (SSSR count). The number of carbonyl (C=O) groups excluding carboxylic acids is 1. The minimum atomic E-state index is -0.143. The van der Waals surface area contributed by atoms with Gasteiger partial charge in [0.1, 0.15) is 11.0 Å². The van der Waals surface area contributed by atoms with E-state index < -0.39 is 0 Å². The van der Waals surface area contributed by atoms with Crippen molar-refractivity contribution < 1.29 is 9.53 Å². The van der Waals surface area contributed by atoms with Gasteiger partial charge in [0.2, 0.25) is 0 Å². The van der Waals surface area contributed by atoms with E-state index in [4.69, 9.17) is 4.74 Å². The van der Waals surface area contributed by atoms with Crippen LogP contribution in [0.3, 0.4) is 0 Å². The van der Waals surface area contributed by atoms with Crippen molar-refractivity contribution in [3.63, 3.8) is 0 Å². The molecule has 24 heavy (non-hydrogen) atoms. The van der Waals surface area contributed by atoms with Crippen LogP contribution in [-0.2, 0) is 4.74 Å². The Balaban J connectivity index is 2.06. The molecule has 1 unspecified atom stereocenters. The van der Waals surface area contributed by atoms with E-state index in [1.807, 2.05) is 17.5 Å². The topological polar surface area (TPSA) is 26.3 Å². The second kappa shape index (κ2) is 14.5. The van der Waals surface area contributed by atoms with Crippen LogP contribution in [0, 0.1) is 0 Å². The Bertz CT molecular complexity index is 400. The first kappa shape index (κ1) is 21.2. The Morgan fingerprint density at radius 2 is 1.54 bits per heavy atom. The first-order valence-electron chi connectivity index (χ1n) is 10.0. The molecule has 0 N–H and O–H groups in total. The zero-order valence-corrected chi connectivity index (χ0v) is 16.5. The van der Waals surface area contributed by atoms with E-state index >= 15 is 0 Å². The summed E-state index contributed by atoms with van der Waals surface area (Å²) in [6, 6.07) is 3.74. The number of esters is 1. The zero-order chi connectivity index (χ0) is 17.5. The molecular formula is C21H36O2S. The molecule has 0 spiro atoms. The molecule has 138 valence electrons. The Morgan fingerprint density at radius 3 is 2.08 bits per heavy atom. The van der Waals surface area contributed by atoms with E-state index in [0.717, 1.165) is 24.1 Å². The molecule has 0 bridgehead atoms. The van der Waals surface area contributed by atoms with Gasteiger partial charge in [-0.15, -0.1) is 11.3 Å². The van der Waals surface area contributed by atoms with Crippen LogP contribution in [-0.4, -0.2) is 12.1 Å². The highest BCUT2D eigenvalue weighted by Gasteiger charge is 2.15. The number of thiophene rings is 1. The van der Waals surface area contributed by atoms with Crippen molar-refractivity contribution in [2.75, 3.05) is 0 Å². The number of hydrogen-bond acceptors (Lipinski definition) is 3. The summed E-state index contributed by atoms with van der Waals surface area (Å²) in [6.07, 6.45) is 16.6. The van der Waals surface area contributed by atoms with Crippen molar-refractivity contribution in [1.29, 1.82) is 0 Å². The van der Waals surface area contributed by atoms with Crippen molar-refractivity contribution in [2.45, 2.75) is 103 Å². The van der Waals surface area contributed by atoms with Crippen LogP contribution in [0.4, 0.5) is 0 Å². The van der Waals surface area contributed by atoms with Crippen LogP contribution in [0.25, 0.3) is 0 Å². The Morgan fingerprint density at radius 1 is 0.917 bits per heavy atom. The SMILES string of the molecule is CCCCCCCCCCCCC(CCC)OC(=O)c1cccs1. The molecule has 0 amide bonds. The van der Waals surface area contributed by atoms with E-state index in [9.17, 15) is 4.79 Å². The van der Waals surface area contributed by atoms with Crippen molar-refractivity contribution in [2.24, 2.45) is 0 Å². The van der Waals surface area contributed by atoms with Crippen molar-refractivity contribution >= 4 is 17.3 Å².